The highest BCUT2D eigenvalue weighted by Crippen LogP contribution is 2.25. The lowest BCUT2D eigenvalue weighted by Crippen LogP contribution is -2.10. The van der Waals surface area contributed by atoms with E-state index in [4.69, 9.17) is 11.6 Å². The summed E-state index contributed by atoms with van der Waals surface area (Å²) in [4.78, 5) is 11.3. The van der Waals surface area contributed by atoms with Crippen molar-refractivity contribution in [3.8, 4) is 5.75 Å². The van der Waals surface area contributed by atoms with Crippen molar-refractivity contribution in [3.05, 3.63) is 28.8 Å². The Morgan fingerprint density at radius 1 is 1.38 bits per heavy atom. The molecule has 0 bridgehead atoms. The summed E-state index contributed by atoms with van der Waals surface area (Å²) >= 11 is 5.67. The van der Waals surface area contributed by atoms with Gasteiger partial charge in [-0.25, -0.2) is 4.79 Å². The van der Waals surface area contributed by atoms with Crippen molar-refractivity contribution in [1.82, 2.24) is 0 Å². The van der Waals surface area contributed by atoms with Gasteiger partial charge < -0.3 is 8.92 Å². The van der Waals surface area contributed by atoms with Gasteiger partial charge in [0.05, 0.1) is 13.4 Å². The zero-order chi connectivity index (χ0) is 12.3. The van der Waals surface area contributed by atoms with Crippen molar-refractivity contribution >= 4 is 27.7 Å². The van der Waals surface area contributed by atoms with Crippen LogP contribution in [0.5, 0.6) is 5.75 Å². The summed E-state index contributed by atoms with van der Waals surface area (Å²) in [5, 5.41) is 0.256. The fourth-order valence-corrected chi connectivity index (χ4v) is 1.63. The zero-order valence-corrected chi connectivity index (χ0v) is 10.1. The molecule has 0 heterocycles. The summed E-state index contributed by atoms with van der Waals surface area (Å²) in [6.45, 7) is 0. The van der Waals surface area contributed by atoms with E-state index in [1.165, 1.54) is 25.3 Å². The number of ether oxygens (including phenoxy) is 1. The molecule has 0 unspecified atom stereocenters. The Labute approximate surface area is 98.1 Å². The second-order valence-corrected chi connectivity index (χ2v) is 4.93. The molecule has 0 saturated carbocycles. The molecular weight excluding hydrogens is 256 g/mol. The second-order valence-electron chi connectivity index (χ2n) is 2.92. The van der Waals surface area contributed by atoms with Crippen LogP contribution < -0.4 is 4.18 Å². The highest BCUT2D eigenvalue weighted by molar-refractivity contribution is 7.86. The maximum absolute atomic E-state index is 11.3. The number of hydrogen-bond acceptors (Lipinski definition) is 5. The van der Waals surface area contributed by atoms with Crippen LogP contribution in [0.1, 0.15) is 10.4 Å². The number of rotatable bonds is 3. The third-order valence-corrected chi connectivity index (χ3v) is 2.31. The maximum Gasteiger partial charge on any atom is 0.341 e. The molecule has 0 amide bonds. The first-order valence-electron chi connectivity index (χ1n) is 4.11. The molecule has 0 aromatic heterocycles. The standard InChI is InChI=1S/C9H9ClO5S/c1-14-9(11)7-4-3-6(10)5-8(7)15-16(2,12)13/h3-5H,1-2H3. The number of methoxy groups -OCH3 is 1. The van der Waals surface area contributed by atoms with Gasteiger partial charge in [0.2, 0.25) is 0 Å². The van der Waals surface area contributed by atoms with E-state index in [1.54, 1.807) is 0 Å². The van der Waals surface area contributed by atoms with E-state index >= 15 is 0 Å². The molecule has 5 nitrogen and oxygen atoms in total. The summed E-state index contributed by atoms with van der Waals surface area (Å²) in [5.74, 6) is -0.850. The number of carbonyl (C=O) groups excluding carboxylic acids is 1. The number of esters is 1. The molecule has 88 valence electrons. The summed E-state index contributed by atoms with van der Waals surface area (Å²) in [6, 6.07) is 3.99. The van der Waals surface area contributed by atoms with Gasteiger partial charge in [-0.2, -0.15) is 8.42 Å². The molecule has 0 aliphatic rings. The topological polar surface area (TPSA) is 69.7 Å². The third kappa shape index (κ3) is 3.39. The lowest BCUT2D eigenvalue weighted by atomic mass is 10.2. The van der Waals surface area contributed by atoms with Gasteiger partial charge in [0, 0.05) is 11.1 Å². The van der Waals surface area contributed by atoms with Crippen molar-refractivity contribution < 1.29 is 22.1 Å². The lowest BCUT2D eigenvalue weighted by molar-refractivity contribution is 0.0599. The summed E-state index contributed by atoms with van der Waals surface area (Å²) in [7, 11) is -2.54. The van der Waals surface area contributed by atoms with Crippen LogP contribution in [-0.2, 0) is 14.9 Å². The molecule has 0 N–H and O–H groups in total. The molecule has 0 radical (unpaired) electrons. The summed E-state index contributed by atoms with van der Waals surface area (Å²) in [5.41, 5.74) is -0.00248. The summed E-state index contributed by atoms with van der Waals surface area (Å²) < 4.78 is 31.0. The van der Waals surface area contributed by atoms with Crippen LogP contribution >= 0.6 is 11.6 Å². The van der Waals surface area contributed by atoms with Crippen LogP contribution in [0.25, 0.3) is 0 Å². The van der Waals surface area contributed by atoms with E-state index in [1.807, 2.05) is 0 Å². The highest BCUT2D eigenvalue weighted by atomic mass is 35.5. The molecule has 1 aromatic carbocycles. The van der Waals surface area contributed by atoms with E-state index in [9.17, 15) is 13.2 Å². The predicted molar refractivity (Wildman–Crippen MR) is 58.3 cm³/mol. The Balaban J connectivity index is 3.23. The first-order chi connectivity index (χ1) is 7.33. The SMILES string of the molecule is COC(=O)c1ccc(Cl)cc1OS(C)(=O)=O. The molecular formula is C9H9ClO5S. The average Bonchev–Trinajstić information content (AvgIpc) is 2.14. The first-order valence-corrected chi connectivity index (χ1v) is 6.30. The van der Waals surface area contributed by atoms with Crippen LogP contribution in [0.4, 0.5) is 0 Å². The number of carbonyl (C=O) groups is 1. The molecule has 16 heavy (non-hydrogen) atoms. The van der Waals surface area contributed by atoms with Crippen molar-refractivity contribution in [2.45, 2.75) is 0 Å². The maximum atomic E-state index is 11.3. The van der Waals surface area contributed by atoms with Crippen LogP contribution in [0.2, 0.25) is 5.02 Å². The summed E-state index contributed by atoms with van der Waals surface area (Å²) in [6.07, 6.45) is 0.870. The van der Waals surface area contributed by atoms with E-state index in [0.29, 0.717) is 0 Å². The fourth-order valence-electron chi connectivity index (χ4n) is 1.01. The van der Waals surface area contributed by atoms with E-state index in [0.717, 1.165) is 6.26 Å². The smallest absolute Gasteiger partial charge is 0.341 e. The molecule has 0 spiro atoms. The minimum Gasteiger partial charge on any atom is -0.465 e. The van der Waals surface area contributed by atoms with Gasteiger partial charge in [0.15, 0.2) is 5.75 Å². The molecule has 7 heteroatoms. The minimum absolute atomic E-state index is 0.00248. The molecule has 0 saturated heterocycles. The van der Waals surface area contributed by atoms with Gasteiger partial charge in [-0.1, -0.05) is 11.6 Å². The fraction of sp³-hybridized carbons (Fsp3) is 0.222. The van der Waals surface area contributed by atoms with Gasteiger partial charge >= 0.3 is 16.1 Å². The number of benzene rings is 1. The first kappa shape index (κ1) is 12.8. The van der Waals surface area contributed by atoms with Gasteiger partial charge in [0.25, 0.3) is 0 Å². The van der Waals surface area contributed by atoms with Crippen molar-refractivity contribution in [3.63, 3.8) is 0 Å². The zero-order valence-electron chi connectivity index (χ0n) is 8.56. The average molecular weight is 265 g/mol. The Morgan fingerprint density at radius 2 is 2.00 bits per heavy atom. The number of hydrogen-bond donors (Lipinski definition) is 0. The number of halogens is 1. The monoisotopic (exact) mass is 264 g/mol. The van der Waals surface area contributed by atoms with Crippen molar-refractivity contribution in [2.24, 2.45) is 0 Å². The van der Waals surface area contributed by atoms with Crippen molar-refractivity contribution in [2.75, 3.05) is 13.4 Å². The van der Waals surface area contributed by atoms with Gasteiger partial charge in [-0.15, -0.1) is 0 Å². The van der Waals surface area contributed by atoms with Gasteiger partial charge in [0.1, 0.15) is 5.56 Å². The van der Waals surface area contributed by atoms with Crippen LogP contribution in [0, 0.1) is 0 Å². The Morgan fingerprint density at radius 3 is 2.50 bits per heavy atom. The molecule has 1 rings (SSSR count). The van der Waals surface area contributed by atoms with E-state index in [-0.39, 0.29) is 16.3 Å². The Hall–Kier alpha value is -1.27. The quantitative estimate of drug-likeness (QED) is 0.611. The third-order valence-electron chi connectivity index (χ3n) is 1.59. The van der Waals surface area contributed by atoms with Crippen molar-refractivity contribution in [1.29, 1.82) is 0 Å². The molecule has 1 aromatic rings. The van der Waals surface area contributed by atoms with Gasteiger partial charge in [-0.05, 0) is 12.1 Å². The molecule has 0 fully saturated rings. The molecule has 0 atom stereocenters. The Kier molecular flexibility index (Phi) is 3.77. The lowest BCUT2D eigenvalue weighted by Gasteiger charge is -2.08. The minimum atomic E-state index is -3.72. The van der Waals surface area contributed by atoms with Crippen LogP contribution in [0.15, 0.2) is 18.2 Å². The van der Waals surface area contributed by atoms with Gasteiger partial charge in [-0.3, -0.25) is 0 Å². The van der Waals surface area contributed by atoms with E-state index < -0.39 is 16.1 Å². The van der Waals surface area contributed by atoms with Crippen LogP contribution in [0.3, 0.4) is 0 Å². The van der Waals surface area contributed by atoms with E-state index in [2.05, 4.69) is 8.92 Å². The largest absolute Gasteiger partial charge is 0.465 e. The molecule has 0 aliphatic heterocycles. The molecule has 0 aliphatic carbocycles. The predicted octanol–water partition coefficient (Wildman–Crippen LogP) is 1.46. The highest BCUT2D eigenvalue weighted by Gasteiger charge is 2.16. The Bertz CT molecular complexity index is 509. The normalized spacial score (nSPS) is 10.9. The second kappa shape index (κ2) is 4.71. The van der Waals surface area contributed by atoms with Crippen LogP contribution in [-0.4, -0.2) is 27.8 Å².